The van der Waals surface area contributed by atoms with Crippen molar-refractivity contribution in [3.63, 3.8) is 0 Å². The van der Waals surface area contributed by atoms with Crippen LogP contribution < -0.4 is 10.0 Å². The molecule has 0 fully saturated rings. The molecule has 2 aromatic carbocycles. The lowest BCUT2D eigenvalue weighted by atomic mass is 10.0. The molecule has 0 saturated heterocycles. The highest BCUT2D eigenvalue weighted by Gasteiger charge is 2.18. The molecule has 0 aliphatic heterocycles. The van der Waals surface area contributed by atoms with E-state index in [0.717, 1.165) is 30.7 Å². The highest BCUT2D eigenvalue weighted by Crippen LogP contribution is 2.41. The van der Waals surface area contributed by atoms with Gasteiger partial charge in [0.05, 0.1) is 10.3 Å². The Morgan fingerprint density at radius 2 is 1.69 bits per heavy atom. The average molecular weight is 588 g/mol. The summed E-state index contributed by atoms with van der Waals surface area (Å²) in [5.41, 5.74) is 2.81. The van der Waals surface area contributed by atoms with Crippen molar-refractivity contribution in [3.8, 4) is 11.1 Å². The van der Waals surface area contributed by atoms with Crippen molar-refractivity contribution in [2.45, 2.75) is 11.8 Å². The van der Waals surface area contributed by atoms with Crippen LogP contribution in [0.15, 0.2) is 76.4 Å². The van der Waals surface area contributed by atoms with Crippen molar-refractivity contribution >= 4 is 76.4 Å². The van der Waals surface area contributed by atoms with Gasteiger partial charge in [-0.25, -0.2) is 18.4 Å². The minimum atomic E-state index is -3.84. The van der Waals surface area contributed by atoms with Gasteiger partial charge in [-0.2, -0.15) is 0 Å². The van der Waals surface area contributed by atoms with Gasteiger partial charge in [-0.3, -0.25) is 4.72 Å². The summed E-state index contributed by atoms with van der Waals surface area (Å²) in [7, 11) is -3.84. The summed E-state index contributed by atoms with van der Waals surface area (Å²) in [6.07, 6.45) is 1.52. The lowest BCUT2D eigenvalue weighted by Crippen LogP contribution is -2.14. The van der Waals surface area contributed by atoms with Crippen LogP contribution >= 0.6 is 38.9 Å². The molecule has 0 spiro atoms. The lowest BCUT2D eigenvalue weighted by molar-refractivity contribution is 0.601. The second-order valence-corrected chi connectivity index (χ2v) is 11.6. The molecule has 0 amide bonds. The second-order valence-electron chi connectivity index (χ2n) is 7.44. The normalized spacial score (nSPS) is 11.5. The standard InChI is InChI=1S/C23H16BrClN6O2S2/c1-13-20(14-2-4-15(24)5-3-14)21-22(26-12-27-23(21)34-13)28-16-6-8-17(9-7-16)35(32,33)31-19-11-10-18(25)29-30-19/h2-12H,1H3,(H,30,31)(H,26,27,28). The molecule has 0 aliphatic rings. The van der Waals surface area contributed by atoms with Crippen LogP contribution in [0.4, 0.5) is 17.3 Å². The molecule has 0 radical (unpaired) electrons. The van der Waals surface area contributed by atoms with Crippen LogP contribution in [0, 0.1) is 6.92 Å². The molecule has 0 unspecified atom stereocenters. The summed E-state index contributed by atoms with van der Waals surface area (Å²) < 4.78 is 28.8. The quantitative estimate of drug-likeness (QED) is 0.236. The largest absolute Gasteiger partial charge is 0.340 e. The number of thiophene rings is 1. The number of nitrogens with zero attached hydrogens (tertiary/aromatic N) is 4. The molecule has 0 saturated carbocycles. The van der Waals surface area contributed by atoms with Crippen LogP contribution in [-0.4, -0.2) is 28.6 Å². The van der Waals surface area contributed by atoms with E-state index in [1.54, 1.807) is 23.5 Å². The summed E-state index contributed by atoms with van der Waals surface area (Å²) >= 11 is 10.8. The smallest absolute Gasteiger partial charge is 0.263 e. The van der Waals surface area contributed by atoms with Gasteiger partial charge < -0.3 is 5.32 Å². The fourth-order valence-electron chi connectivity index (χ4n) is 3.52. The Hall–Kier alpha value is -3.12. The van der Waals surface area contributed by atoms with E-state index in [-0.39, 0.29) is 15.9 Å². The van der Waals surface area contributed by atoms with Crippen LogP contribution in [-0.2, 0) is 10.0 Å². The SMILES string of the molecule is Cc1sc2ncnc(Nc3ccc(S(=O)(=O)Nc4ccc(Cl)nn4)cc3)c2c1-c1ccc(Br)cc1. The average Bonchev–Trinajstić information content (AvgIpc) is 3.18. The zero-order valence-electron chi connectivity index (χ0n) is 18.0. The summed E-state index contributed by atoms with van der Waals surface area (Å²) in [4.78, 5) is 11.0. The number of hydrogen-bond donors (Lipinski definition) is 2. The fourth-order valence-corrected chi connectivity index (χ4v) is 5.90. The summed E-state index contributed by atoms with van der Waals surface area (Å²) in [5, 5.41) is 11.8. The Morgan fingerprint density at radius 1 is 0.943 bits per heavy atom. The Morgan fingerprint density at radius 3 is 2.37 bits per heavy atom. The van der Waals surface area contributed by atoms with E-state index in [1.807, 2.05) is 24.3 Å². The maximum absolute atomic E-state index is 12.7. The lowest BCUT2D eigenvalue weighted by Gasteiger charge is -2.11. The predicted molar refractivity (Wildman–Crippen MR) is 143 cm³/mol. The number of hydrogen-bond acceptors (Lipinski definition) is 8. The van der Waals surface area contributed by atoms with Gasteiger partial charge in [0.15, 0.2) is 11.0 Å². The Bertz CT molecular complexity index is 1620. The van der Waals surface area contributed by atoms with Crippen LogP contribution in [0.3, 0.4) is 0 Å². The van der Waals surface area contributed by atoms with E-state index in [4.69, 9.17) is 11.6 Å². The minimum Gasteiger partial charge on any atom is -0.340 e. The van der Waals surface area contributed by atoms with Crippen LogP contribution in [0.1, 0.15) is 4.88 Å². The Labute approximate surface area is 218 Å². The number of aryl methyl sites for hydroxylation is 1. The maximum Gasteiger partial charge on any atom is 0.263 e. The molecule has 35 heavy (non-hydrogen) atoms. The number of nitrogens with one attached hydrogen (secondary N) is 2. The number of halogens is 2. The van der Waals surface area contributed by atoms with E-state index in [1.165, 1.54) is 30.6 Å². The van der Waals surface area contributed by atoms with E-state index in [2.05, 4.69) is 53.1 Å². The first-order valence-electron chi connectivity index (χ1n) is 10.2. The third kappa shape index (κ3) is 4.98. The fraction of sp³-hybridized carbons (Fsp3) is 0.0435. The third-order valence-corrected chi connectivity index (χ3v) is 8.21. The van der Waals surface area contributed by atoms with Gasteiger partial charge >= 0.3 is 0 Å². The van der Waals surface area contributed by atoms with Gasteiger partial charge in [-0.05, 0) is 61.0 Å². The first-order valence-corrected chi connectivity index (χ1v) is 13.7. The van der Waals surface area contributed by atoms with Crippen molar-refractivity contribution < 1.29 is 8.42 Å². The zero-order valence-corrected chi connectivity index (χ0v) is 22.0. The highest BCUT2D eigenvalue weighted by molar-refractivity contribution is 9.10. The molecule has 12 heteroatoms. The monoisotopic (exact) mass is 586 g/mol. The van der Waals surface area contributed by atoms with Crippen molar-refractivity contribution in [3.05, 3.63) is 81.5 Å². The molecule has 3 aromatic heterocycles. The van der Waals surface area contributed by atoms with Crippen LogP contribution in [0.25, 0.3) is 21.3 Å². The molecular weight excluding hydrogens is 572 g/mol. The van der Waals surface area contributed by atoms with Gasteiger partial charge in [-0.1, -0.05) is 39.7 Å². The molecule has 176 valence electrons. The zero-order chi connectivity index (χ0) is 24.6. The summed E-state index contributed by atoms with van der Waals surface area (Å²) in [5.74, 6) is 0.718. The van der Waals surface area contributed by atoms with Crippen molar-refractivity contribution in [2.75, 3.05) is 10.0 Å². The van der Waals surface area contributed by atoms with E-state index in [9.17, 15) is 8.42 Å². The molecular formula is C23H16BrClN6O2S2. The molecule has 3 heterocycles. The summed E-state index contributed by atoms with van der Waals surface area (Å²) in [6, 6.07) is 17.3. The molecule has 8 nitrogen and oxygen atoms in total. The van der Waals surface area contributed by atoms with E-state index < -0.39 is 10.0 Å². The first kappa shape index (κ1) is 23.6. The Kier molecular flexibility index (Phi) is 6.41. The van der Waals surface area contributed by atoms with Gasteiger partial charge in [0.1, 0.15) is 17.0 Å². The van der Waals surface area contributed by atoms with Crippen LogP contribution in [0.2, 0.25) is 5.15 Å². The van der Waals surface area contributed by atoms with Gasteiger partial charge in [0.2, 0.25) is 0 Å². The number of aromatic nitrogens is 4. The molecule has 0 aliphatic carbocycles. The van der Waals surface area contributed by atoms with Crippen molar-refractivity contribution in [2.24, 2.45) is 0 Å². The maximum atomic E-state index is 12.7. The number of benzene rings is 2. The minimum absolute atomic E-state index is 0.0771. The first-order chi connectivity index (χ1) is 16.8. The van der Waals surface area contributed by atoms with Crippen LogP contribution in [0.5, 0.6) is 0 Å². The molecule has 2 N–H and O–H groups in total. The van der Waals surface area contributed by atoms with E-state index in [0.29, 0.717) is 11.5 Å². The Balaban J connectivity index is 1.45. The van der Waals surface area contributed by atoms with E-state index >= 15 is 0 Å². The predicted octanol–water partition coefficient (Wildman–Crippen LogP) is 6.42. The summed E-state index contributed by atoms with van der Waals surface area (Å²) in [6.45, 7) is 2.06. The van der Waals surface area contributed by atoms with Gasteiger partial charge in [0, 0.05) is 20.6 Å². The highest BCUT2D eigenvalue weighted by atomic mass is 79.9. The topological polar surface area (TPSA) is 110 Å². The number of rotatable bonds is 6. The molecule has 5 rings (SSSR count). The number of sulfonamides is 1. The van der Waals surface area contributed by atoms with Crippen molar-refractivity contribution in [1.29, 1.82) is 0 Å². The van der Waals surface area contributed by atoms with Gasteiger partial charge in [-0.15, -0.1) is 21.5 Å². The van der Waals surface area contributed by atoms with Gasteiger partial charge in [0.25, 0.3) is 10.0 Å². The number of fused-ring (bicyclic) bond motifs is 1. The molecule has 5 aromatic rings. The molecule has 0 atom stereocenters. The molecule has 0 bridgehead atoms. The number of anilines is 3. The van der Waals surface area contributed by atoms with Crippen molar-refractivity contribution in [1.82, 2.24) is 20.2 Å². The second kappa shape index (κ2) is 9.50. The third-order valence-electron chi connectivity index (χ3n) is 5.10.